The van der Waals surface area contributed by atoms with E-state index in [9.17, 15) is 10.1 Å². The maximum atomic E-state index is 10.9. The number of rotatable bonds is 4. The average Bonchev–Trinajstić information content (AvgIpc) is 3.16. The molecule has 0 spiro atoms. The smallest absolute Gasteiger partial charge is 0.288 e. The van der Waals surface area contributed by atoms with Crippen LogP contribution in [0.4, 0.5) is 5.69 Å². The molecule has 120 valence electrons. The van der Waals surface area contributed by atoms with Crippen molar-refractivity contribution in [3.05, 3.63) is 49.5 Å². The monoisotopic (exact) mass is 353 g/mol. The lowest BCUT2D eigenvalue weighted by molar-refractivity contribution is -0.384. The molecule has 1 fully saturated rings. The van der Waals surface area contributed by atoms with Gasteiger partial charge in [-0.3, -0.25) is 15.2 Å². The normalized spacial score (nSPS) is 17.9. The van der Waals surface area contributed by atoms with Crippen molar-refractivity contribution in [1.29, 1.82) is 0 Å². The van der Waals surface area contributed by atoms with Crippen LogP contribution >= 0.6 is 23.8 Å². The molecule has 0 radical (unpaired) electrons. The third kappa shape index (κ3) is 3.31. The van der Waals surface area contributed by atoms with Gasteiger partial charge in [-0.05, 0) is 31.1 Å². The molecule has 1 aromatic carbocycles. The van der Waals surface area contributed by atoms with Crippen LogP contribution in [0.5, 0.6) is 0 Å². The van der Waals surface area contributed by atoms with Gasteiger partial charge in [0.05, 0.1) is 11.1 Å². The summed E-state index contributed by atoms with van der Waals surface area (Å²) in [4.78, 5) is 10.4. The van der Waals surface area contributed by atoms with Crippen LogP contribution in [0.2, 0.25) is 5.02 Å². The van der Waals surface area contributed by atoms with Gasteiger partial charge >= 0.3 is 0 Å². The second-order valence-corrected chi connectivity index (χ2v) is 5.71. The molecule has 23 heavy (non-hydrogen) atoms. The Labute approximate surface area is 140 Å². The zero-order chi connectivity index (χ0) is 16.4. The van der Waals surface area contributed by atoms with Crippen molar-refractivity contribution >= 4 is 35.7 Å². The van der Waals surface area contributed by atoms with Crippen LogP contribution in [0, 0.1) is 14.9 Å². The summed E-state index contributed by atoms with van der Waals surface area (Å²) < 4.78 is 7.37. The number of nitro benzene ring substituents is 1. The number of aromatic amines is 1. The molecular weight excluding hydrogens is 342 g/mol. The Morgan fingerprint density at radius 2 is 2.43 bits per heavy atom. The molecule has 3 rings (SSSR count). The first-order valence-corrected chi connectivity index (χ1v) is 7.62. The fourth-order valence-electron chi connectivity index (χ4n) is 2.28. The molecule has 10 heteroatoms. The van der Waals surface area contributed by atoms with Crippen molar-refractivity contribution in [3.63, 3.8) is 0 Å². The summed E-state index contributed by atoms with van der Waals surface area (Å²) in [5, 5.41) is 22.1. The topological polar surface area (TPSA) is 98.3 Å². The second-order valence-electron chi connectivity index (χ2n) is 4.91. The number of ether oxygens (including phenoxy) is 1. The van der Waals surface area contributed by atoms with Gasteiger partial charge in [-0.15, -0.1) is 0 Å². The number of hydrogen-bond donors (Lipinski definition) is 1. The third-order valence-corrected chi connectivity index (χ3v) is 3.97. The number of nitro groups is 1. The van der Waals surface area contributed by atoms with Crippen LogP contribution < -0.4 is 0 Å². The SMILES string of the molecule is O=[N+]([O-])c1cc(/C=N\n2c([C@H]3CCCO3)n[nH]c2=S)ccc1Cl. The predicted octanol–water partition coefficient (Wildman–Crippen LogP) is 3.24. The number of aromatic nitrogens is 3. The van der Waals surface area contributed by atoms with Gasteiger partial charge in [0.2, 0.25) is 4.77 Å². The summed E-state index contributed by atoms with van der Waals surface area (Å²) in [6, 6.07) is 4.44. The van der Waals surface area contributed by atoms with Gasteiger partial charge in [0.25, 0.3) is 5.69 Å². The van der Waals surface area contributed by atoms with Crippen LogP contribution in [0.15, 0.2) is 23.3 Å². The maximum Gasteiger partial charge on any atom is 0.288 e. The van der Waals surface area contributed by atoms with Crippen LogP contribution in [0.25, 0.3) is 0 Å². The molecule has 1 atom stereocenters. The molecule has 0 saturated carbocycles. The second kappa shape index (κ2) is 6.57. The number of nitrogens with one attached hydrogen (secondary N) is 1. The van der Waals surface area contributed by atoms with E-state index < -0.39 is 4.92 Å². The summed E-state index contributed by atoms with van der Waals surface area (Å²) in [6.45, 7) is 0.678. The standard InChI is InChI=1S/C13H12ClN5O3S/c14-9-4-3-8(6-10(9)19(20)21)7-15-18-12(16-17-13(18)23)11-2-1-5-22-11/h3-4,6-7,11H,1-2,5H2,(H,17,23)/b15-7-/t11-/m1/s1. The summed E-state index contributed by atoms with van der Waals surface area (Å²) in [7, 11) is 0. The van der Waals surface area contributed by atoms with Gasteiger partial charge < -0.3 is 4.74 Å². The maximum absolute atomic E-state index is 10.9. The highest BCUT2D eigenvalue weighted by molar-refractivity contribution is 7.71. The lowest BCUT2D eigenvalue weighted by atomic mass is 10.2. The van der Waals surface area contributed by atoms with Crippen molar-refractivity contribution in [2.75, 3.05) is 6.61 Å². The van der Waals surface area contributed by atoms with Gasteiger partial charge in [-0.25, -0.2) is 0 Å². The predicted molar refractivity (Wildman–Crippen MR) is 86.4 cm³/mol. The Balaban J connectivity index is 1.92. The third-order valence-electron chi connectivity index (χ3n) is 3.38. The number of nitrogens with zero attached hydrogens (tertiary/aromatic N) is 4. The van der Waals surface area contributed by atoms with E-state index in [2.05, 4.69) is 15.3 Å². The largest absolute Gasteiger partial charge is 0.370 e. The fraction of sp³-hybridized carbons (Fsp3) is 0.308. The molecule has 1 aromatic heterocycles. The van der Waals surface area contributed by atoms with Crippen molar-refractivity contribution in [1.82, 2.24) is 14.9 Å². The molecule has 0 unspecified atom stereocenters. The Hall–Kier alpha value is -2.10. The number of benzene rings is 1. The first-order valence-electron chi connectivity index (χ1n) is 6.83. The molecule has 1 N–H and O–H groups in total. The van der Waals surface area contributed by atoms with E-state index in [0.717, 1.165) is 12.8 Å². The number of H-pyrrole nitrogens is 1. The molecule has 1 aliphatic rings. The van der Waals surface area contributed by atoms with Crippen LogP contribution in [-0.2, 0) is 4.74 Å². The number of halogens is 1. The Morgan fingerprint density at radius 3 is 3.13 bits per heavy atom. The minimum absolute atomic E-state index is 0.0760. The van der Waals surface area contributed by atoms with E-state index in [1.54, 1.807) is 6.07 Å². The van der Waals surface area contributed by atoms with Crippen molar-refractivity contribution in [2.24, 2.45) is 5.10 Å². The average molecular weight is 354 g/mol. The highest BCUT2D eigenvalue weighted by Crippen LogP contribution is 2.27. The summed E-state index contributed by atoms with van der Waals surface area (Å²) in [6.07, 6.45) is 3.12. The molecule has 0 aliphatic carbocycles. The van der Waals surface area contributed by atoms with Crippen LogP contribution in [0.1, 0.15) is 30.3 Å². The van der Waals surface area contributed by atoms with Crippen LogP contribution in [-0.4, -0.2) is 32.6 Å². The lowest BCUT2D eigenvalue weighted by Gasteiger charge is -2.07. The minimum Gasteiger partial charge on any atom is -0.370 e. The van der Waals surface area contributed by atoms with Crippen molar-refractivity contribution < 1.29 is 9.66 Å². The molecule has 2 heterocycles. The highest BCUT2D eigenvalue weighted by Gasteiger charge is 2.23. The van der Waals surface area contributed by atoms with E-state index in [-0.39, 0.29) is 16.8 Å². The van der Waals surface area contributed by atoms with Gasteiger partial charge in [0.15, 0.2) is 5.82 Å². The van der Waals surface area contributed by atoms with E-state index in [1.807, 2.05) is 0 Å². The Bertz CT molecular complexity index is 825. The Morgan fingerprint density at radius 1 is 1.61 bits per heavy atom. The van der Waals surface area contributed by atoms with Crippen LogP contribution in [0.3, 0.4) is 0 Å². The number of hydrogen-bond acceptors (Lipinski definition) is 6. The van der Waals surface area contributed by atoms with Gasteiger partial charge in [-0.1, -0.05) is 17.7 Å². The molecule has 1 saturated heterocycles. The van der Waals surface area contributed by atoms with E-state index in [1.165, 1.54) is 23.0 Å². The molecule has 2 aromatic rings. The molecule has 0 amide bonds. The van der Waals surface area contributed by atoms with Gasteiger partial charge in [0, 0.05) is 18.2 Å². The first kappa shape index (κ1) is 15.8. The quantitative estimate of drug-likeness (QED) is 0.394. The van der Waals surface area contributed by atoms with E-state index in [4.69, 9.17) is 28.6 Å². The molecule has 0 bridgehead atoms. The molecular formula is C13H12ClN5O3S. The molecule has 8 nitrogen and oxygen atoms in total. The van der Waals surface area contributed by atoms with E-state index >= 15 is 0 Å². The Kier molecular flexibility index (Phi) is 4.51. The zero-order valence-electron chi connectivity index (χ0n) is 11.8. The van der Waals surface area contributed by atoms with Gasteiger partial charge in [-0.2, -0.15) is 14.9 Å². The summed E-state index contributed by atoms with van der Waals surface area (Å²) in [5.74, 6) is 0.590. The van der Waals surface area contributed by atoms with E-state index in [0.29, 0.717) is 22.8 Å². The fourth-order valence-corrected chi connectivity index (χ4v) is 2.65. The lowest BCUT2D eigenvalue weighted by Crippen LogP contribution is -2.05. The van der Waals surface area contributed by atoms with Crippen molar-refractivity contribution in [3.8, 4) is 0 Å². The minimum atomic E-state index is -0.541. The molecule has 1 aliphatic heterocycles. The summed E-state index contributed by atoms with van der Waals surface area (Å²) in [5.41, 5.74) is 0.355. The first-order chi connectivity index (χ1) is 11.1. The van der Waals surface area contributed by atoms with Crippen molar-refractivity contribution in [2.45, 2.75) is 18.9 Å². The summed E-state index contributed by atoms with van der Waals surface area (Å²) >= 11 is 10.9. The zero-order valence-corrected chi connectivity index (χ0v) is 13.4. The highest BCUT2D eigenvalue weighted by atomic mass is 35.5. The van der Waals surface area contributed by atoms with Gasteiger partial charge in [0.1, 0.15) is 11.1 Å².